The van der Waals surface area contributed by atoms with Crippen LogP contribution < -0.4 is 20.4 Å². The highest BCUT2D eigenvalue weighted by Gasteiger charge is 2.31. The number of carbonyl (C=O) groups is 5. The van der Waals surface area contributed by atoms with Gasteiger partial charge in [-0.05, 0) is 26.0 Å². The fourth-order valence-electron chi connectivity index (χ4n) is 7.43. The van der Waals surface area contributed by atoms with Gasteiger partial charge in [0, 0.05) is 91.3 Å². The first-order valence-corrected chi connectivity index (χ1v) is 18.8. The molecule has 2 saturated heterocycles. The molecular formula is C36H51FN8O11. The monoisotopic (exact) mass is 790 g/mol. The van der Waals surface area contributed by atoms with Crippen molar-refractivity contribution >= 4 is 46.4 Å². The van der Waals surface area contributed by atoms with Gasteiger partial charge in [0.05, 0.1) is 43.1 Å². The van der Waals surface area contributed by atoms with Crippen molar-refractivity contribution in [1.29, 1.82) is 0 Å². The molecule has 1 aromatic heterocycles. The molecule has 0 saturated carbocycles. The first-order valence-electron chi connectivity index (χ1n) is 18.8. The zero-order chi connectivity index (χ0) is 40.5. The largest absolute Gasteiger partial charge is 0.487 e. The summed E-state index contributed by atoms with van der Waals surface area (Å²) < 4.78 is 23.3. The van der Waals surface area contributed by atoms with Crippen LogP contribution in [0.1, 0.15) is 29.7 Å². The minimum absolute atomic E-state index is 0.0254. The molecule has 20 heteroatoms. The van der Waals surface area contributed by atoms with Crippen LogP contribution in [0.5, 0.6) is 5.75 Å². The number of rotatable bonds is 14. The number of hydrogen-bond acceptors (Lipinski definition) is 13. The number of aliphatic carboxylic acids is 3. The number of anilines is 1. The number of aromatic carboxylic acids is 1. The van der Waals surface area contributed by atoms with Crippen LogP contribution >= 0.6 is 0 Å². The van der Waals surface area contributed by atoms with E-state index in [0.717, 1.165) is 6.07 Å². The molecule has 1 aromatic carbocycles. The molecule has 0 radical (unpaired) electrons. The van der Waals surface area contributed by atoms with Crippen molar-refractivity contribution in [2.45, 2.75) is 19.4 Å². The predicted molar refractivity (Wildman–Crippen MR) is 200 cm³/mol. The minimum atomic E-state index is -1.38. The first-order chi connectivity index (χ1) is 26.7. The first kappa shape index (κ1) is 42.3. The number of ether oxygens (including phenoxy) is 1. The van der Waals surface area contributed by atoms with Crippen molar-refractivity contribution < 1.29 is 53.5 Å². The summed E-state index contributed by atoms with van der Waals surface area (Å²) in [6.07, 6.45) is 1.94. The van der Waals surface area contributed by atoms with E-state index in [1.807, 2.05) is 16.7 Å². The molecule has 0 bridgehead atoms. The number of carboxylic acids is 4. The van der Waals surface area contributed by atoms with Crippen molar-refractivity contribution in [1.82, 2.24) is 34.4 Å². The minimum Gasteiger partial charge on any atom is -0.487 e. The highest BCUT2D eigenvalue weighted by Crippen LogP contribution is 2.42. The van der Waals surface area contributed by atoms with E-state index < -0.39 is 40.7 Å². The van der Waals surface area contributed by atoms with E-state index in [-0.39, 0.29) is 87.7 Å². The molecular weight excluding hydrogens is 739 g/mol. The molecule has 56 heavy (non-hydrogen) atoms. The second kappa shape index (κ2) is 19.3. The average Bonchev–Trinajstić information content (AvgIpc) is 3.13. The maximum absolute atomic E-state index is 15.7. The van der Waals surface area contributed by atoms with Gasteiger partial charge in [-0.15, -0.1) is 0 Å². The van der Waals surface area contributed by atoms with E-state index in [1.54, 1.807) is 19.3 Å². The zero-order valence-electron chi connectivity index (χ0n) is 31.5. The molecule has 4 heterocycles. The van der Waals surface area contributed by atoms with Gasteiger partial charge in [-0.1, -0.05) is 0 Å². The number of halogens is 1. The van der Waals surface area contributed by atoms with Crippen LogP contribution in [0.15, 0.2) is 17.1 Å². The quantitative estimate of drug-likeness (QED) is 0.143. The summed E-state index contributed by atoms with van der Waals surface area (Å²) in [6.45, 7) is 6.97. The fourth-order valence-corrected chi connectivity index (χ4v) is 7.43. The van der Waals surface area contributed by atoms with Crippen LogP contribution in [0.3, 0.4) is 0 Å². The number of aromatic nitrogens is 1. The molecule has 0 aliphatic carbocycles. The van der Waals surface area contributed by atoms with E-state index in [1.165, 1.54) is 6.20 Å². The molecule has 308 valence electrons. The predicted octanol–water partition coefficient (Wildman–Crippen LogP) is -1.10. The average molecular weight is 791 g/mol. The smallest absolute Gasteiger partial charge is 0.341 e. The van der Waals surface area contributed by atoms with E-state index >= 15 is 4.39 Å². The maximum atomic E-state index is 15.7. The van der Waals surface area contributed by atoms with Crippen molar-refractivity contribution in [2.75, 3.05) is 129 Å². The summed E-state index contributed by atoms with van der Waals surface area (Å²) in [5.41, 5.74) is -0.571. The number of pyridine rings is 1. The van der Waals surface area contributed by atoms with Crippen LogP contribution in [0.25, 0.3) is 10.9 Å². The van der Waals surface area contributed by atoms with Gasteiger partial charge in [-0.2, -0.15) is 0 Å². The van der Waals surface area contributed by atoms with E-state index in [9.17, 15) is 49.2 Å². The Bertz CT molecular complexity index is 1800. The Morgan fingerprint density at radius 1 is 0.750 bits per heavy atom. The summed E-state index contributed by atoms with van der Waals surface area (Å²) >= 11 is 0. The van der Waals surface area contributed by atoms with Gasteiger partial charge in [-0.3, -0.25) is 48.5 Å². The van der Waals surface area contributed by atoms with Crippen LogP contribution in [-0.4, -0.2) is 204 Å². The molecule has 1 atom stereocenters. The molecule has 0 unspecified atom stereocenters. The Balaban J connectivity index is 1.13. The summed E-state index contributed by atoms with van der Waals surface area (Å²) in [6, 6.07) is 0.838. The lowest BCUT2D eigenvalue weighted by molar-refractivity contribution is -0.140. The number of amides is 1. The molecule has 3 aliphatic heterocycles. The SMILES string of the molecule is C[C@H]1COc2c(N3CCN(CCCNC(=O)CN4CCN(CC(=O)O)CCN(CC(=O)O)CCN(CC(=O)O)CC4)CC3)c(F)cc3c(=O)c(C(=O)O)cn1c23. The fraction of sp³-hybridized carbons (Fsp3) is 0.611. The van der Waals surface area contributed by atoms with Gasteiger partial charge in [0.2, 0.25) is 11.3 Å². The van der Waals surface area contributed by atoms with E-state index in [4.69, 9.17) is 4.74 Å². The van der Waals surface area contributed by atoms with Gasteiger partial charge >= 0.3 is 23.9 Å². The number of piperazine rings is 1. The molecule has 2 fully saturated rings. The topological polar surface area (TPSA) is 229 Å². The van der Waals surface area contributed by atoms with Crippen LogP contribution in [-0.2, 0) is 19.2 Å². The Kier molecular flexibility index (Phi) is 14.6. The summed E-state index contributed by atoms with van der Waals surface area (Å²) in [5, 5.41) is 40.7. The number of carboxylic acid groups (broad SMARTS) is 4. The van der Waals surface area contributed by atoms with Crippen molar-refractivity contribution in [3.63, 3.8) is 0 Å². The molecule has 3 aliphatic rings. The van der Waals surface area contributed by atoms with Crippen LogP contribution in [0, 0.1) is 5.82 Å². The number of nitrogens with zero attached hydrogens (tertiary/aromatic N) is 7. The summed E-state index contributed by atoms with van der Waals surface area (Å²) in [5.74, 6) is -5.12. The van der Waals surface area contributed by atoms with E-state index in [2.05, 4.69) is 10.2 Å². The standard InChI is InChI=1S/C36H51FN8O11/c1-24-23-56-35-32-25(34(53)26(36(54)55)18-45(24)32)17-27(37)33(35)44-15-13-39(14-16-44)4-2-3-38-28(46)19-40-5-7-41(20-29(47)48)9-11-43(22-31(51)52)12-10-42(8-6-40)21-30(49)50/h17-18,24H,2-16,19-23H2,1H3,(H,38,46)(H,47,48)(H,49,50)(H,51,52)(H,54,55)/t24-/m0/s1. The van der Waals surface area contributed by atoms with Crippen LogP contribution in [0.4, 0.5) is 10.1 Å². The number of benzene rings is 1. The van der Waals surface area contributed by atoms with Crippen LogP contribution in [0.2, 0.25) is 0 Å². The lowest BCUT2D eigenvalue weighted by Gasteiger charge is -2.38. The highest BCUT2D eigenvalue weighted by atomic mass is 19.1. The molecule has 2 aromatic rings. The third kappa shape index (κ3) is 11.1. The number of hydrogen-bond donors (Lipinski definition) is 5. The highest BCUT2D eigenvalue weighted by molar-refractivity contribution is 5.97. The van der Waals surface area contributed by atoms with Gasteiger partial charge in [0.25, 0.3) is 0 Å². The van der Waals surface area contributed by atoms with E-state index in [0.29, 0.717) is 77.4 Å². The Morgan fingerprint density at radius 3 is 1.71 bits per heavy atom. The lowest BCUT2D eigenvalue weighted by atomic mass is 10.1. The second-order valence-corrected chi connectivity index (χ2v) is 14.5. The van der Waals surface area contributed by atoms with Gasteiger partial charge in [-0.25, -0.2) is 9.18 Å². The second-order valence-electron chi connectivity index (χ2n) is 14.5. The van der Waals surface area contributed by atoms with Gasteiger partial charge in [0.15, 0.2) is 11.6 Å². The molecule has 1 amide bonds. The molecule has 19 nitrogen and oxygen atoms in total. The molecule has 0 spiro atoms. The third-order valence-corrected chi connectivity index (χ3v) is 10.4. The number of carbonyl (C=O) groups excluding carboxylic acids is 1. The van der Waals surface area contributed by atoms with Gasteiger partial charge in [0.1, 0.15) is 17.9 Å². The van der Waals surface area contributed by atoms with Gasteiger partial charge < -0.3 is 39.9 Å². The number of nitrogens with one attached hydrogen (secondary N) is 1. The Morgan fingerprint density at radius 2 is 1.23 bits per heavy atom. The normalized spacial score (nSPS) is 19.8. The van der Waals surface area contributed by atoms with Crippen molar-refractivity contribution in [2.24, 2.45) is 0 Å². The summed E-state index contributed by atoms with van der Waals surface area (Å²) in [4.78, 5) is 83.2. The Hall–Kier alpha value is -4.89. The van der Waals surface area contributed by atoms with Crippen molar-refractivity contribution in [3.05, 3.63) is 33.9 Å². The lowest BCUT2D eigenvalue weighted by Crippen LogP contribution is -2.50. The Labute approximate surface area is 322 Å². The summed E-state index contributed by atoms with van der Waals surface area (Å²) in [7, 11) is 0. The molecule has 5 rings (SSSR count). The maximum Gasteiger partial charge on any atom is 0.341 e. The van der Waals surface area contributed by atoms with Crippen molar-refractivity contribution in [3.8, 4) is 5.75 Å². The molecule has 5 N–H and O–H groups in total. The third-order valence-electron chi connectivity index (χ3n) is 10.4. The zero-order valence-corrected chi connectivity index (χ0v) is 31.5.